The molecule has 0 saturated heterocycles. The summed E-state index contributed by atoms with van der Waals surface area (Å²) in [6.07, 6.45) is 14.9. The van der Waals surface area contributed by atoms with E-state index in [2.05, 4.69) is 6.92 Å². The number of phosphoric acid groups is 1. The van der Waals surface area contributed by atoms with E-state index in [1.54, 1.807) is 0 Å². The molecule has 0 radical (unpaired) electrons. The summed E-state index contributed by atoms with van der Waals surface area (Å²) < 4.78 is 22.9. The van der Waals surface area contributed by atoms with Gasteiger partial charge in [-0.05, 0) is 13.3 Å². The van der Waals surface area contributed by atoms with Crippen LogP contribution in [0.5, 0.6) is 0 Å². The van der Waals surface area contributed by atoms with Gasteiger partial charge in [-0.15, -0.1) is 0 Å². The number of nitrogens with zero attached hydrogens (tertiary/aromatic N) is 1. The lowest BCUT2D eigenvalue weighted by molar-refractivity contribution is -0.870. The highest BCUT2D eigenvalue weighted by Gasteiger charge is 2.25. The SMILES string of the molecule is CCCCCCCCCCCCCC(C)OP(=O)(O)OCC[N+](C)(C)C. The molecule has 0 aromatic rings. The number of hydrogen-bond donors (Lipinski definition) is 1. The van der Waals surface area contributed by atoms with Gasteiger partial charge in [-0.2, -0.15) is 0 Å². The smallest absolute Gasteiger partial charge is 0.329 e. The van der Waals surface area contributed by atoms with Gasteiger partial charge < -0.3 is 9.38 Å². The van der Waals surface area contributed by atoms with Gasteiger partial charge in [-0.25, -0.2) is 4.57 Å². The summed E-state index contributed by atoms with van der Waals surface area (Å²) in [5, 5.41) is 0. The van der Waals surface area contributed by atoms with Crippen molar-refractivity contribution in [1.82, 2.24) is 0 Å². The van der Waals surface area contributed by atoms with E-state index in [1.807, 2.05) is 28.1 Å². The molecule has 0 saturated carbocycles. The van der Waals surface area contributed by atoms with Crippen LogP contribution in [-0.2, 0) is 13.6 Å². The summed E-state index contributed by atoms with van der Waals surface area (Å²) in [6.45, 7) is 5.00. The van der Waals surface area contributed by atoms with Gasteiger partial charge in [0, 0.05) is 0 Å². The average Bonchev–Trinajstić information content (AvgIpc) is 2.50. The highest BCUT2D eigenvalue weighted by atomic mass is 31.2. The van der Waals surface area contributed by atoms with Crippen molar-refractivity contribution in [1.29, 1.82) is 0 Å². The van der Waals surface area contributed by atoms with Crippen molar-refractivity contribution in [3.63, 3.8) is 0 Å². The van der Waals surface area contributed by atoms with Crippen LogP contribution in [0.4, 0.5) is 0 Å². The van der Waals surface area contributed by atoms with Crippen molar-refractivity contribution in [3.8, 4) is 0 Å². The second-order valence-electron chi connectivity index (χ2n) is 8.56. The Kier molecular flexibility index (Phi) is 15.1. The monoisotopic (exact) mass is 394 g/mol. The number of rotatable bonds is 18. The van der Waals surface area contributed by atoms with E-state index < -0.39 is 7.82 Å². The number of unbranched alkanes of at least 4 members (excludes halogenated alkanes) is 10. The van der Waals surface area contributed by atoms with Crippen molar-refractivity contribution < 1.29 is 23.0 Å². The van der Waals surface area contributed by atoms with Gasteiger partial charge in [0.1, 0.15) is 13.2 Å². The lowest BCUT2D eigenvalue weighted by Crippen LogP contribution is -2.37. The van der Waals surface area contributed by atoms with E-state index >= 15 is 0 Å². The fourth-order valence-electron chi connectivity index (χ4n) is 2.84. The van der Waals surface area contributed by atoms with Gasteiger partial charge in [0.15, 0.2) is 0 Å². The second-order valence-corrected chi connectivity index (χ2v) is 9.96. The molecular formula is C20H45NO4P+. The molecule has 158 valence electrons. The zero-order valence-corrected chi connectivity index (χ0v) is 18.9. The Bertz CT molecular complexity index is 371. The van der Waals surface area contributed by atoms with Crippen LogP contribution in [-0.4, -0.2) is 49.8 Å². The molecule has 0 aliphatic heterocycles. The van der Waals surface area contributed by atoms with E-state index in [0.717, 1.165) is 12.8 Å². The number of quaternary nitrogens is 1. The van der Waals surface area contributed by atoms with Gasteiger partial charge in [-0.3, -0.25) is 9.05 Å². The zero-order chi connectivity index (χ0) is 19.9. The number of likely N-dealkylation sites (N-methyl/N-ethyl adjacent to an activating group) is 1. The number of hydrogen-bond acceptors (Lipinski definition) is 3. The maximum absolute atomic E-state index is 11.9. The van der Waals surface area contributed by atoms with E-state index in [4.69, 9.17) is 9.05 Å². The van der Waals surface area contributed by atoms with E-state index in [9.17, 15) is 9.46 Å². The molecule has 2 unspecified atom stereocenters. The first kappa shape index (κ1) is 26.1. The topological polar surface area (TPSA) is 55.8 Å². The van der Waals surface area contributed by atoms with E-state index in [-0.39, 0.29) is 12.7 Å². The molecule has 0 heterocycles. The molecule has 0 bridgehead atoms. The van der Waals surface area contributed by atoms with Gasteiger partial charge in [0.2, 0.25) is 0 Å². The van der Waals surface area contributed by atoms with Crippen LogP contribution >= 0.6 is 7.82 Å². The zero-order valence-electron chi connectivity index (χ0n) is 18.0. The predicted molar refractivity (Wildman–Crippen MR) is 110 cm³/mol. The first-order valence-electron chi connectivity index (χ1n) is 10.6. The molecule has 5 nitrogen and oxygen atoms in total. The molecule has 26 heavy (non-hydrogen) atoms. The molecule has 1 N–H and O–H groups in total. The molecule has 0 aliphatic rings. The number of phosphoric ester groups is 1. The van der Waals surface area contributed by atoms with Gasteiger partial charge >= 0.3 is 7.82 Å². The average molecular weight is 395 g/mol. The maximum atomic E-state index is 11.9. The Labute approximate surface area is 162 Å². The summed E-state index contributed by atoms with van der Waals surface area (Å²) in [7, 11) is 2.12. The quantitative estimate of drug-likeness (QED) is 0.178. The molecule has 0 aliphatic carbocycles. The van der Waals surface area contributed by atoms with Crippen molar-refractivity contribution >= 4 is 7.82 Å². The van der Waals surface area contributed by atoms with E-state index in [1.165, 1.54) is 64.2 Å². The van der Waals surface area contributed by atoms with Gasteiger partial charge in [0.25, 0.3) is 0 Å². The third kappa shape index (κ3) is 18.8. The molecule has 0 amide bonds. The fourth-order valence-corrected chi connectivity index (χ4v) is 3.77. The van der Waals surface area contributed by atoms with Gasteiger partial charge in [0.05, 0.1) is 27.2 Å². The van der Waals surface area contributed by atoms with E-state index in [0.29, 0.717) is 11.0 Å². The normalized spacial score (nSPS) is 15.8. The van der Waals surface area contributed by atoms with Crippen LogP contribution in [0, 0.1) is 0 Å². The molecule has 0 aromatic carbocycles. The lowest BCUT2D eigenvalue weighted by atomic mass is 10.0. The molecule has 0 rings (SSSR count). The molecule has 0 spiro atoms. The Morgan fingerprint density at radius 1 is 0.885 bits per heavy atom. The summed E-state index contributed by atoms with van der Waals surface area (Å²) in [5.74, 6) is 0. The minimum Gasteiger partial charge on any atom is -0.329 e. The lowest BCUT2D eigenvalue weighted by Gasteiger charge is -2.24. The third-order valence-corrected chi connectivity index (χ3v) is 5.68. The highest BCUT2D eigenvalue weighted by Crippen LogP contribution is 2.45. The standard InChI is InChI=1S/C20H44NO4P/c1-6-7-8-9-10-11-12-13-14-15-16-17-20(2)25-26(22,23)24-19-18-21(3,4)5/h20H,6-19H2,1-5H3/p+1. The molecule has 6 heteroatoms. The first-order valence-corrected chi connectivity index (χ1v) is 12.1. The van der Waals surface area contributed by atoms with Crippen molar-refractivity contribution in [2.24, 2.45) is 0 Å². The van der Waals surface area contributed by atoms with Gasteiger partial charge in [-0.1, -0.05) is 77.6 Å². The minimum atomic E-state index is -3.93. The predicted octanol–water partition coefficient (Wildman–Crippen LogP) is 5.92. The van der Waals surface area contributed by atoms with Crippen LogP contribution in [0.3, 0.4) is 0 Å². The molecule has 0 aromatic heterocycles. The molecule has 0 fully saturated rings. The summed E-state index contributed by atoms with van der Waals surface area (Å²) in [5.41, 5.74) is 0. The van der Waals surface area contributed by atoms with Crippen molar-refractivity contribution in [2.75, 3.05) is 34.3 Å². The van der Waals surface area contributed by atoms with Crippen LogP contribution in [0.25, 0.3) is 0 Å². The summed E-state index contributed by atoms with van der Waals surface area (Å²) >= 11 is 0. The summed E-state index contributed by atoms with van der Waals surface area (Å²) in [4.78, 5) is 9.76. The van der Waals surface area contributed by atoms with Crippen LogP contribution in [0.15, 0.2) is 0 Å². The maximum Gasteiger partial charge on any atom is 0.472 e. The Morgan fingerprint density at radius 2 is 1.35 bits per heavy atom. The minimum absolute atomic E-state index is 0.225. The Hall–Kier alpha value is 0.0700. The highest BCUT2D eigenvalue weighted by molar-refractivity contribution is 7.47. The van der Waals surface area contributed by atoms with Crippen LogP contribution in [0.1, 0.15) is 90.9 Å². The largest absolute Gasteiger partial charge is 0.472 e. The van der Waals surface area contributed by atoms with Crippen molar-refractivity contribution in [3.05, 3.63) is 0 Å². The Balaban J connectivity index is 3.55. The molecular weight excluding hydrogens is 349 g/mol. The van der Waals surface area contributed by atoms with Crippen LogP contribution < -0.4 is 0 Å². The van der Waals surface area contributed by atoms with Crippen LogP contribution in [0.2, 0.25) is 0 Å². The molecule has 2 atom stereocenters. The van der Waals surface area contributed by atoms with Crippen molar-refractivity contribution in [2.45, 2.75) is 97.0 Å². The fraction of sp³-hybridized carbons (Fsp3) is 1.00. The second kappa shape index (κ2) is 15.0. The third-order valence-electron chi connectivity index (χ3n) is 4.54. The summed E-state index contributed by atoms with van der Waals surface area (Å²) in [6, 6.07) is 0. The first-order chi connectivity index (χ1) is 12.2. The Morgan fingerprint density at radius 3 is 1.81 bits per heavy atom.